The van der Waals surface area contributed by atoms with E-state index >= 15 is 0 Å². The van der Waals surface area contributed by atoms with Crippen LogP contribution in [0.25, 0.3) is 11.3 Å². The zero-order valence-corrected chi connectivity index (χ0v) is 38.9. The zero-order chi connectivity index (χ0) is 46.9. The lowest BCUT2D eigenvalue weighted by molar-refractivity contribution is -0.120. The number of fused-ring (bicyclic) bond motifs is 6. The summed E-state index contributed by atoms with van der Waals surface area (Å²) < 4.78 is 43.4. The van der Waals surface area contributed by atoms with Crippen LogP contribution in [0.1, 0.15) is 118 Å². The maximum absolute atomic E-state index is 14.0. The number of ether oxygens (including phenoxy) is 2. The summed E-state index contributed by atoms with van der Waals surface area (Å²) in [5, 5.41) is 10.4. The van der Waals surface area contributed by atoms with E-state index in [1.807, 2.05) is 27.7 Å². The van der Waals surface area contributed by atoms with Gasteiger partial charge in [0.2, 0.25) is 0 Å². The molecule has 2 amide bonds. The first-order chi connectivity index (χ1) is 31.4. The van der Waals surface area contributed by atoms with Gasteiger partial charge in [0.25, 0.3) is 11.8 Å². The number of carbonyl (C=O) groups excluding carboxylic acids is 4. The Hall–Kier alpha value is -6.00. The van der Waals surface area contributed by atoms with Gasteiger partial charge in [-0.15, -0.1) is 0 Å². The molecular weight excluding hydrogens is 893 g/mol. The van der Waals surface area contributed by atoms with E-state index in [1.165, 1.54) is 36.4 Å². The molecule has 66 heavy (non-hydrogen) atoms. The van der Waals surface area contributed by atoms with Crippen LogP contribution >= 0.6 is 23.2 Å². The van der Waals surface area contributed by atoms with E-state index in [-0.39, 0.29) is 58.9 Å². The number of aromatic nitrogens is 6. The van der Waals surface area contributed by atoms with Gasteiger partial charge < -0.3 is 28.9 Å². The normalized spacial score (nSPS) is 19.5. The summed E-state index contributed by atoms with van der Waals surface area (Å²) in [6, 6.07) is 7.98. The highest BCUT2D eigenvalue weighted by atomic mass is 35.5. The number of benzene rings is 2. The molecule has 4 aromatic heterocycles. The van der Waals surface area contributed by atoms with Crippen LogP contribution in [-0.4, -0.2) is 74.6 Å². The quantitative estimate of drug-likeness (QED) is 0.130. The second-order valence-corrected chi connectivity index (χ2v) is 18.8. The van der Waals surface area contributed by atoms with Gasteiger partial charge in [0, 0.05) is 36.1 Å². The lowest BCUT2D eigenvalue weighted by atomic mass is 9.79. The van der Waals surface area contributed by atoms with Crippen molar-refractivity contribution in [2.75, 3.05) is 0 Å². The number of hydrogen-bond donors (Lipinski definition) is 0. The molecule has 6 aromatic rings. The smallest absolute Gasteiger partial charge is 0.258 e. The number of hydrogen-bond acceptors (Lipinski definition) is 10. The molecule has 14 nitrogen and oxygen atoms in total. The minimum Gasteiger partial charge on any atom is -0.489 e. The van der Waals surface area contributed by atoms with E-state index in [4.69, 9.17) is 32.7 Å². The van der Waals surface area contributed by atoms with Gasteiger partial charge in [-0.05, 0) is 103 Å². The number of amides is 2. The molecule has 0 atom stereocenters. The molecule has 2 aromatic carbocycles. The molecule has 18 heteroatoms. The summed E-state index contributed by atoms with van der Waals surface area (Å²) >= 11 is 12.6. The van der Waals surface area contributed by atoms with Crippen molar-refractivity contribution in [1.82, 2.24) is 39.0 Å². The van der Waals surface area contributed by atoms with Crippen molar-refractivity contribution in [2.24, 2.45) is 11.8 Å². The third kappa shape index (κ3) is 8.60. The third-order valence-corrected chi connectivity index (χ3v) is 14.1. The molecule has 0 radical (unpaired) electrons. The summed E-state index contributed by atoms with van der Waals surface area (Å²) in [4.78, 5) is 61.8. The first-order valence-corrected chi connectivity index (χ1v) is 22.7. The van der Waals surface area contributed by atoms with Crippen molar-refractivity contribution in [3.05, 3.63) is 114 Å². The summed E-state index contributed by atoms with van der Waals surface area (Å²) in [6.07, 6.45) is 3.71. The van der Waals surface area contributed by atoms with E-state index in [1.54, 1.807) is 32.7 Å². The lowest BCUT2D eigenvalue weighted by Crippen LogP contribution is -2.35. The predicted octanol–water partition coefficient (Wildman–Crippen LogP) is 8.86. The van der Waals surface area contributed by atoms with Crippen LogP contribution in [0, 0.1) is 51.2 Å². The Bertz CT molecular complexity index is 2800. The van der Waals surface area contributed by atoms with Crippen LogP contribution in [-0.2, 0) is 35.8 Å². The number of nitrogens with zero attached hydrogens (tertiary/aromatic N) is 8. The maximum atomic E-state index is 14.0. The van der Waals surface area contributed by atoms with E-state index in [9.17, 15) is 28.0 Å². The van der Waals surface area contributed by atoms with E-state index < -0.39 is 11.6 Å². The molecule has 4 aliphatic rings. The number of Topliss-reactive ketones (excluding diaryl/α,β-unsaturated/α-hetero) is 2. The highest BCUT2D eigenvalue weighted by Gasteiger charge is 2.37. The lowest BCUT2D eigenvalue weighted by Gasteiger charge is -2.35. The molecule has 344 valence electrons. The van der Waals surface area contributed by atoms with Gasteiger partial charge in [-0.2, -0.15) is 10.2 Å². The largest absolute Gasteiger partial charge is 0.489 e. The van der Waals surface area contributed by atoms with Crippen LogP contribution in [0.5, 0.6) is 11.5 Å². The fourth-order valence-corrected chi connectivity index (χ4v) is 9.69. The first-order valence-electron chi connectivity index (χ1n) is 22.0. The Morgan fingerprint density at radius 3 is 1.36 bits per heavy atom. The average molecular weight is 942 g/mol. The van der Waals surface area contributed by atoms with Crippen molar-refractivity contribution in [3.63, 3.8) is 0 Å². The van der Waals surface area contributed by atoms with Gasteiger partial charge in [0.15, 0.2) is 11.3 Å². The SMILES string of the molecule is CC(=O)CC1CC(Oc2cc(F)ccc2C(=O)N2Cc3nn4c(C)c(Cl)c(C)nc4c3C2)C1.CC(=O)CC1CC(Oc2cc(F)ccc2C(=O)N2Cc3nn4c(C)c(Cl)c(C)nc4c3C2)C1. The standard InChI is InChI=1S/2C24H24ClFN4O3/c2*1-12(31)6-15-7-17(8-15)33-21-9-16(26)4-5-18(21)24(32)29-10-19-20(11-29)28-30-14(3)22(25)13(2)27-23(19)30/h2*4-5,9,15,17H,6-8,10-11H2,1-3H3. The Balaban J connectivity index is 0.000000166. The molecule has 2 fully saturated rings. The molecule has 2 aliphatic heterocycles. The van der Waals surface area contributed by atoms with E-state index in [0.717, 1.165) is 59.6 Å². The molecule has 0 saturated heterocycles. The highest BCUT2D eigenvalue weighted by Crippen LogP contribution is 2.39. The van der Waals surface area contributed by atoms with Gasteiger partial charge in [0.1, 0.15) is 34.7 Å². The molecule has 0 unspecified atom stereocenters. The second kappa shape index (κ2) is 17.7. The van der Waals surface area contributed by atoms with Gasteiger partial charge in [-0.1, -0.05) is 23.2 Å². The fraction of sp³-hybridized carbons (Fsp3) is 0.417. The minimum absolute atomic E-state index is 0.123. The Kier molecular flexibility index (Phi) is 12.1. The van der Waals surface area contributed by atoms with Crippen LogP contribution in [0.2, 0.25) is 10.0 Å². The number of halogens is 4. The van der Waals surface area contributed by atoms with Gasteiger partial charge >= 0.3 is 0 Å². The molecule has 0 N–H and O–H groups in total. The van der Waals surface area contributed by atoms with E-state index in [0.29, 0.717) is 82.9 Å². The average Bonchev–Trinajstić information content (AvgIpc) is 4.01. The molecule has 6 heterocycles. The van der Waals surface area contributed by atoms with Gasteiger partial charge in [0.05, 0.1) is 93.7 Å². The van der Waals surface area contributed by atoms with Crippen molar-refractivity contribution in [3.8, 4) is 11.5 Å². The van der Waals surface area contributed by atoms with E-state index in [2.05, 4.69) is 20.2 Å². The number of ketones is 2. The Morgan fingerprint density at radius 1 is 0.621 bits per heavy atom. The fourth-order valence-electron chi connectivity index (χ4n) is 9.44. The van der Waals surface area contributed by atoms with Crippen molar-refractivity contribution < 1.29 is 37.4 Å². The van der Waals surface area contributed by atoms with Gasteiger partial charge in [-0.25, -0.2) is 27.8 Å². The topological polar surface area (TPSA) is 154 Å². The van der Waals surface area contributed by atoms with Crippen molar-refractivity contribution >= 4 is 57.9 Å². The Morgan fingerprint density at radius 2 is 1.00 bits per heavy atom. The van der Waals surface area contributed by atoms with Crippen molar-refractivity contribution in [2.45, 2.75) is 118 Å². The van der Waals surface area contributed by atoms with Crippen LogP contribution < -0.4 is 9.47 Å². The predicted molar refractivity (Wildman–Crippen MR) is 240 cm³/mol. The summed E-state index contributed by atoms with van der Waals surface area (Å²) in [7, 11) is 0. The highest BCUT2D eigenvalue weighted by molar-refractivity contribution is 6.32. The number of carbonyl (C=O) groups is 4. The molecule has 10 rings (SSSR count). The summed E-state index contributed by atoms with van der Waals surface area (Å²) in [5.74, 6) is -0.0548. The summed E-state index contributed by atoms with van der Waals surface area (Å²) in [5.41, 5.74) is 8.40. The van der Waals surface area contributed by atoms with Crippen LogP contribution in [0.4, 0.5) is 8.78 Å². The summed E-state index contributed by atoms with van der Waals surface area (Å²) in [6.45, 7) is 12.0. The van der Waals surface area contributed by atoms with Gasteiger partial charge in [-0.3, -0.25) is 9.59 Å². The Labute approximate surface area is 389 Å². The molecular formula is C48H48Cl2F2N8O6. The number of rotatable bonds is 10. The van der Waals surface area contributed by atoms with Crippen LogP contribution in [0.15, 0.2) is 36.4 Å². The molecule has 2 aliphatic carbocycles. The first kappa shape index (κ1) is 45.2. The zero-order valence-electron chi connectivity index (χ0n) is 37.4. The van der Waals surface area contributed by atoms with Crippen LogP contribution in [0.3, 0.4) is 0 Å². The maximum Gasteiger partial charge on any atom is 0.258 e. The molecule has 2 saturated carbocycles. The molecule has 0 bridgehead atoms. The minimum atomic E-state index is -0.462. The third-order valence-electron chi connectivity index (χ3n) is 13.0. The number of aryl methyl sites for hydroxylation is 4. The molecule has 0 spiro atoms. The second-order valence-electron chi connectivity index (χ2n) is 18.1. The monoisotopic (exact) mass is 940 g/mol. The van der Waals surface area contributed by atoms with Crippen molar-refractivity contribution in [1.29, 1.82) is 0 Å².